The molecule has 0 bridgehead atoms. The summed E-state index contributed by atoms with van der Waals surface area (Å²) in [5.41, 5.74) is -2.33. The van der Waals surface area contributed by atoms with E-state index < -0.39 is 77.3 Å². The van der Waals surface area contributed by atoms with Crippen LogP contribution in [0.1, 0.15) is 20.7 Å². The van der Waals surface area contributed by atoms with Gasteiger partial charge in [-0.25, -0.2) is 0 Å². The zero-order valence-corrected chi connectivity index (χ0v) is 16.9. The molecule has 13 heteroatoms. The molecule has 0 spiro atoms. The van der Waals surface area contributed by atoms with Gasteiger partial charge in [0.05, 0.1) is 13.2 Å². The standard InChI is InChI=1S/C20H22N2O11/c23-10-1-8(2-11(24)15(10)27)18(30)21-5-14-17(29)20(32,7-33-14)6-22-19(31)9-3-12(25)16(28)13(26)4-9/h1-4,14,17,23-29,32H,5-7H2,(H,21,30)(H,22,31)/t14-,17?,20+/m1/s1. The predicted octanol–water partition coefficient (Wildman–Crippen LogP) is -1.43. The number of carbonyl (C=O) groups excluding carboxylic acids is 2. The van der Waals surface area contributed by atoms with Gasteiger partial charge < -0.3 is 56.2 Å². The molecule has 3 atom stereocenters. The van der Waals surface area contributed by atoms with Crippen LogP contribution in [0.2, 0.25) is 0 Å². The van der Waals surface area contributed by atoms with Crippen LogP contribution in [0.3, 0.4) is 0 Å². The smallest absolute Gasteiger partial charge is 0.251 e. The van der Waals surface area contributed by atoms with Crippen LogP contribution < -0.4 is 10.6 Å². The highest BCUT2D eigenvalue weighted by atomic mass is 16.5. The molecule has 2 amide bonds. The number of nitrogens with one attached hydrogen (secondary N) is 2. The maximum atomic E-state index is 12.2. The van der Waals surface area contributed by atoms with E-state index in [4.69, 9.17) is 4.74 Å². The number of aromatic hydroxyl groups is 6. The van der Waals surface area contributed by atoms with Crippen LogP contribution in [0.15, 0.2) is 24.3 Å². The monoisotopic (exact) mass is 466 g/mol. The van der Waals surface area contributed by atoms with Crippen molar-refractivity contribution in [1.29, 1.82) is 0 Å². The van der Waals surface area contributed by atoms with E-state index in [0.717, 1.165) is 24.3 Å². The Morgan fingerprint density at radius 1 is 0.848 bits per heavy atom. The number of benzene rings is 2. The number of hydrogen-bond donors (Lipinski definition) is 10. The number of carbonyl (C=O) groups is 2. The van der Waals surface area contributed by atoms with Crippen molar-refractivity contribution in [3.8, 4) is 34.5 Å². The quantitative estimate of drug-likeness (QED) is 0.222. The minimum atomic E-state index is -1.93. The highest BCUT2D eigenvalue weighted by Crippen LogP contribution is 2.36. The third-order valence-electron chi connectivity index (χ3n) is 5.13. The SMILES string of the molecule is O=C(NC[C@H]1OC[C@@](O)(CNC(=O)c2cc(O)c(O)c(O)c2)C1O)c1cc(O)c(O)c(O)c1. The summed E-state index contributed by atoms with van der Waals surface area (Å²) in [6.45, 7) is -1.17. The van der Waals surface area contributed by atoms with E-state index in [1.54, 1.807) is 0 Å². The number of aliphatic hydroxyl groups excluding tert-OH is 1. The zero-order valence-electron chi connectivity index (χ0n) is 16.9. The molecule has 10 N–H and O–H groups in total. The Morgan fingerprint density at radius 2 is 1.27 bits per heavy atom. The lowest BCUT2D eigenvalue weighted by Gasteiger charge is -2.26. The Labute approximate surface area is 185 Å². The number of amides is 2. The third kappa shape index (κ3) is 4.79. The van der Waals surface area contributed by atoms with E-state index in [-0.39, 0.29) is 17.7 Å². The molecule has 1 fully saturated rings. The summed E-state index contributed by atoms with van der Waals surface area (Å²) in [4.78, 5) is 24.4. The second kappa shape index (κ2) is 8.90. The van der Waals surface area contributed by atoms with Crippen LogP contribution in [-0.4, -0.2) is 90.2 Å². The summed E-state index contributed by atoms with van der Waals surface area (Å²) < 4.78 is 5.31. The molecule has 0 aliphatic carbocycles. The molecule has 0 aromatic heterocycles. The van der Waals surface area contributed by atoms with Crippen molar-refractivity contribution >= 4 is 11.8 Å². The molecule has 13 nitrogen and oxygen atoms in total. The number of phenolic OH excluding ortho intramolecular Hbond substituents is 6. The van der Waals surface area contributed by atoms with E-state index >= 15 is 0 Å². The van der Waals surface area contributed by atoms with Gasteiger partial charge in [0.15, 0.2) is 34.5 Å². The molecule has 3 rings (SSSR count). The average Bonchev–Trinajstić information content (AvgIpc) is 3.05. The molecule has 2 aromatic carbocycles. The van der Waals surface area contributed by atoms with Gasteiger partial charge in [-0.3, -0.25) is 9.59 Å². The second-order valence-electron chi connectivity index (χ2n) is 7.52. The first-order valence-corrected chi connectivity index (χ1v) is 9.51. The Bertz CT molecular complexity index is 1040. The Kier molecular flexibility index (Phi) is 6.39. The average molecular weight is 466 g/mol. The van der Waals surface area contributed by atoms with Crippen molar-refractivity contribution in [2.45, 2.75) is 17.8 Å². The van der Waals surface area contributed by atoms with E-state index in [2.05, 4.69) is 10.6 Å². The van der Waals surface area contributed by atoms with Crippen LogP contribution in [0.5, 0.6) is 34.5 Å². The molecule has 33 heavy (non-hydrogen) atoms. The fourth-order valence-electron chi connectivity index (χ4n) is 3.20. The molecule has 1 aliphatic rings. The number of phenols is 6. The van der Waals surface area contributed by atoms with Gasteiger partial charge in [-0.05, 0) is 24.3 Å². The molecule has 1 unspecified atom stereocenters. The predicted molar refractivity (Wildman–Crippen MR) is 108 cm³/mol. The summed E-state index contributed by atoms with van der Waals surface area (Å²) in [7, 11) is 0. The molecular weight excluding hydrogens is 444 g/mol. The molecular formula is C20H22N2O11. The first-order chi connectivity index (χ1) is 15.4. The van der Waals surface area contributed by atoms with Gasteiger partial charge in [-0.2, -0.15) is 0 Å². The van der Waals surface area contributed by atoms with Crippen LogP contribution >= 0.6 is 0 Å². The first kappa shape index (κ1) is 23.7. The van der Waals surface area contributed by atoms with E-state index in [0.29, 0.717) is 0 Å². The molecule has 1 heterocycles. The first-order valence-electron chi connectivity index (χ1n) is 9.51. The van der Waals surface area contributed by atoms with Gasteiger partial charge in [0.2, 0.25) is 0 Å². The molecule has 1 saturated heterocycles. The van der Waals surface area contributed by atoms with Gasteiger partial charge >= 0.3 is 0 Å². The fourth-order valence-corrected chi connectivity index (χ4v) is 3.20. The van der Waals surface area contributed by atoms with Gasteiger partial charge in [-0.1, -0.05) is 0 Å². The van der Waals surface area contributed by atoms with E-state index in [9.17, 15) is 50.4 Å². The molecule has 2 aromatic rings. The minimum absolute atomic E-state index is 0.182. The Balaban J connectivity index is 1.58. The van der Waals surface area contributed by atoms with Crippen molar-refractivity contribution < 1.29 is 55.2 Å². The van der Waals surface area contributed by atoms with E-state index in [1.165, 1.54) is 0 Å². The van der Waals surface area contributed by atoms with Crippen molar-refractivity contribution in [3.63, 3.8) is 0 Å². The largest absolute Gasteiger partial charge is 0.504 e. The fraction of sp³-hybridized carbons (Fsp3) is 0.300. The lowest BCUT2D eigenvalue weighted by atomic mass is 9.96. The maximum absolute atomic E-state index is 12.2. The number of ether oxygens (including phenoxy) is 1. The van der Waals surface area contributed by atoms with Gasteiger partial charge in [0.25, 0.3) is 11.8 Å². The molecule has 178 valence electrons. The lowest BCUT2D eigenvalue weighted by molar-refractivity contribution is -0.0464. The number of aliphatic hydroxyl groups is 2. The van der Waals surface area contributed by atoms with Crippen molar-refractivity contribution in [3.05, 3.63) is 35.4 Å². The summed E-state index contributed by atoms with van der Waals surface area (Å²) in [6.07, 6.45) is -2.61. The molecule has 0 saturated carbocycles. The number of hydrogen-bond acceptors (Lipinski definition) is 11. The summed E-state index contributed by atoms with van der Waals surface area (Å²) >= 11 is 0. The highest BCUT2D eigenvalue weighted by molar-refractivity contribution is 5.96. The Hall–Kier alpha value is -3.94. The molecule has 0 radical (unpaired) electrons. The third-order valence-corrected chi connectivity index (χ3v) is 5.13. The summed E-state index contributed by atoms with van der Waals surface area (Å²) in [5, 5.41) is 82.4. The lowest BCUT2D eigenvalue weighted by Crippen LogP contribution is -2.53. The number of rotatable bonds is 6. The molecule has 1 aliphatic heterocycles. The second-order valence-corrected chi connectivity index (χ2v) is 7.52. The topological polar surface area (TPSA) is 229 Å². The highest BCUT2D eigenvalue weighted by Gasteiger charge is 2.48. The van der Waals surface area contributed by atoms with Crippen molar-refractivity contribution in [1.82, 2.24) is 10.6 Å². The van der Waals surface area contributed by atoms with E-state index in [1.807, 2.05) is 0 Å². The maximum Gasteiger partial charge on any atom is 0.251 e. The summed E-state index contributed by atoms with van der Waals surface area (Å²) in [5.74, 6) is -6.06. The zero-order chi connectivity index (χ0) is 24.5. The van der Waals surface area contributed by atoms with Gasteiger partial charge in [0, 0.05) is 17.7 Å². The summed E-state index contributed by atoms with van der Waals surface area (Å²) in [6, 6.07) is 3.63. The Morgan fingerprint density at radius 3 is 1.73 bits per heavy atom. The van der Waals surface area contributed by atoms with Crippen molar-refractivity contribution in [2.24, 2.45) is 0 Å². The van der Waals surface area contributed by atoms with Crippen LogP contribution in [0.4, 0.5) is 0 Å². The van der Waals surface area contributed by atoms with Crippen LogP contribution in [-0.2, 0) is 4.74 Å². The normalized spacial score (nSPS) is 22.1. The van der Waals surface area contributed by atoms with Gasteiger partial charge in [-0.15, -0.1) is 0 Å². The van der Waals surface area contributed by atoms with Gasteiger partial charge in [0.1, 0.15) is 17.8 Å². The van der Waals surface area contributed by atoms with Crippen LogP contribution in [0.25, 0.3) is 0 Å². The van der Waals surface area contributed by atoms with Crippen LogP contribution in [0, 0.1) is 0 Å². The van der Waals surface area contributed by atoms with Crippen molar-refractivity contribution in [2.75, 3.05) is 19.7 Å². The minimum Gasteiger partial charge on any atom is -0.504 e.